The minimum absolute atomic E-state index is 0.211. The molecule has 1 nitrogen and oxygen atoms in total. The molecule has 0 N–H and O–H groups in total. The van der Waals surface area contributed by atoms with Crippen molar-refractivity contribution in [2.45, 2.75) is 0 Å². The fourth-order valence-corrected chi connectivity index (χ4v) is 1.87. The molecule has 0 atom stereocenters. The van der Waals surface area contributed by atoms with Crippen LogP contribution in [0.5, 0.6) is 0 Å². The summed E-state index contributed by atoms with van der Waals surface area (Å²) in [6.07, 6.45) is 1.69. The zero-order valence-corrected chi connectivity index (χ0v) is 7.94. The van der Waals surface area contributed by atoms with Crippen molar-refractivity contribution in [3.63, 3.8) is 0 Å². The highest BCUT2D eigenvalue weighted by molar-refractivity contribution is 6.05. The zero-order valence-electron chi connectivity index (χ0n) is 7.94. The lowest BCUT2D eigenvalue weighted by atomic mass is 10.1. The first-order chi connectivity index (χ1) is 7.36. The number of aromatic nitrogens is 1. The van der Waals surface area contributed by atoms with Crippen LogP contribution < -0.4 is 0 Å². The quantitative estimate of drug-likeness (QED) is 0.502. The van der Waals surface area contributed by atoms with Crippen LogP contribution in [0.3, 0.4) is 0 Å². The Morgan fingerprint density at radius 2 is 1.73 bits per heavy atom. The molecule has 1 aromatic heterocycles. The van der Waals surface area contributed by atoms with E-state index in [1.54, 1.807) is 24.4 Å². The van der Waals surface area contributed by atoms with Crippen LogP contribution in [-0.2, 0) is 0 Å². The van der Waals surface area contributed by atoms with Gasteiger partial charge in [-0.3, -0.25) is 4.98 Å². The summed E-state index contributed by atoms with van der Waals surface area (Å²) in [6, 6.07) is 12.8. The molecular weight excluding hydrogens is 189 g/mol. The maximum absolute atomic E-state index is 13.7. The van der Waals surface area contributed by atoms with E-state index < -0.39 is 0 Å². The number of pyridine rings is 1. The number of nitrogens with zero attached hydrogens (tertiary/aromatic N) is 1. The molecule has 0 saturated heterocycles. The van der Waals surface area contributed by atoms with Gasteiger partial charge in [-0.15, -0.1) is 0 Å². The molecule has 1 heterocycles. The van der Waals surface area contributed by atoms with Crippen molar-refractivity contribution in [1.82, 2.24) is 4.98 Å². The molecule has 72 valence electrons. The third-order valence-electron chi connectivity index (χ3n) is 2.56. The minimum Gasteiger partial charge on any atom is -0.255 e. The second kappa shape index (κ2) is 3.02. The summed E-state index contributed by atoms with van der Waals surface area (Å²) in [6.45, 7) is 0. The van der Waals surface area contributed by atoms with E-state index in [1.807, 2.05) is 24.3 Å². The van der Waals surface area contributed by atoms with Gasteiger partial charge in [0, 0.05) is 17.0 Å². The van der Waals surface area contributed by atoms with Crippen LogP contribution >= 0.6 is 0 Å². The van der Waals surface area contributed by atoms with Gasteiger partial charge < -0.3 is 0 Å². The van der Waals surface area contributed by atoms with Gasteiger partial charge in [0.2, 0.25) is 0 Å². The number of hydrogen-bond donors (Lipinski definition) is 0. The van der Waals surface area contributed by atoms with Crippen molar-refractivity contribution in [1.29, 1.82) is 0 Å². The SMILES string of the molecule is Fc1cc2ccccc2c2ncccc12. The molecule has 0 spiro atoms. The first-order valence-corrected chi connectivity index (χ1v) is 4.78. The van der Waals surface area contributed by atoms with Gasteiger partial charge in [0.25, 0.3) is 0 Å². The van der Waals surface area contributed by atoms with Crippen LogP contribution in [0, 0.1) is 5.82 Å². The molecular formula is C13H8FN. The lowest BCUT2D eigenvalue weighted by molar-refractivity contribution is 0.641. The van der Waals surface area contributed by atoms with Gasteiger partial charge in [-0.2, -0.15) is 0 Å². The summed E-state index contributed by atoms with van der Waals surface area (Å²) in [5.74, 6) is -0.211. The van der Waals surface area contributed by atoms with Gasteiger partial charge in [0.1, 0.15) is 5.82 Å². The molecule has 2 aromatic carbocycles. The summed E-state index contributed by atoms with van der Waals surface area (Å²) in [4.78, 5) is 4.23. The van der Waals surface area contributed by atoms with Crippen LogP contribution in [0.1, 0.15) is 0 Å². The van der Waals surface area contributed by atoms with Crippen molar-refractivity contribution in [2.24, 2.45) is 0 Å². The summed E-state index contributed by atoms with van der Waals surface area (Å²) in [5.41, 5.74) is 0.730. The fraction of sp³-hybridized carbons (Fsp3) is 0. The molecule has 2 heteroatoms. The van der Waals surface area contributed by atoms with Crippen LogP contribution in [0.2, 0.25) is 0 Å². The number of rotatable bonds is 0. The van der Waals surface area contributed by atoms with E-state index in [0.717, 1.165) is 16.3 Å². The molecule has 0 fully saturated rings. The Morgan fingerprint density at radius 1 is 0.933 bits per heavy atom. The molecule has 0 aliphatic carbocycles. The molecule has 0 amide bonds. The second-order valence-corrected chi connectivity index (χ2v) is 3.48. The molecule has 0 aliphatic heterocycles. The number of fused-ring (bicyclic) bond motifs is 3. The molecule has 0 aliphatic rings. The minimum atomic E-state index is -0.211. The van der Waals surface area contributed by atoms with E-state index in [2.05, 4.69) is 4.98 Å². The summed E-state index contributed by atoms with van der Waals surface area (Å²) in [5, 5.41) is 2.46. The van der Waals surface area contributed by atoms with E-state index in [4.69, 9.17) is 0 Å². The summed E-state index contributed by atoms with van der Waals surface area (Å²) < 4.78 is 13.7. The zero-order chi connectivity index (χ0) is 10.3. The van der Waals surface area contributed by atoms with Crippen molar-refractivity contribution in [3.05, 3.63) is 54.5 Å². The lowest BCUT2D eigenvalue weighted by Crippen LogP contribution is -1.85. The number of hydrogen-bond acceptors (Lipinski definition) is 1. The van der Waals surface area contributed by atoms with Crippen molar-refractivity contribution >= 4 is 21.7 Å². The molecule has 3 rings (SSSR count). The largest absolute Gasteiger partial charge is 0.255 e. The Kier molecular flexibility index (Phi) is 1.68. The maximum atomic E-state index is 13.7. The third kappa shape index (κ3) is 1.18. The molecule has 0 unspecified atom stereocenters. The Morgan fingerprint density at radius 3 is 2.67 bits per heavy atom. The lowest BCUT2D eigenvalue weighted by Gasteiger charge is -2.03. The monoisotopic (exact) mass is 197 g/mol. The topological polar surface area (TPSA) is 12.9 Å². The van der Waals surface area contributed by atoms with Gasteiger partial charge in [-0.05, 0) is 23.6 Å². The van der Waals surface area contributed by atoms with Crippen LogP contribution in [0.25, 0.3) is 21.7 Å². The normalized spacial score (nSPS) is 11.0. The van der Waals surface area contributed by atoms with Crippen LogP contribution in [-0.4, -0.2) is 4.98 Å². The smallest absolute Gasteiger partial charge is 0.133 e. The van der Waals surface area contributed by atoms with Gasteiger partial charge >= 0.3 is 0 Å². The molecule has 15 heavy (non-hydrogen) atoms. The predicted molar refractivity (Wildman–Crippen MR) is 59.2 cm³/mol. The van der Waals surface area contributed by atoms with Crippen molar-refractivity contribution < 1.29 is 4.39 Å². The number of halogens is 1. The molecule has 0 radical (unpaired) electrons. The van der Waals surface area contributed by atoms with E-state index in [-0.39, 0.29) is 5.82 Å². The molecule has 0 saturated carbocycles. The first-order valence-electron chi connectivity index (χ1n) is 4.78. The highest BCUT2D eigenvalue weighted by atomic mass is 19.1. The highest BCUT2D eigenvalue weighted by Gasteiger charge is 2.05. The third-order valence-corrected chi connectivity index (χ3v) is 2.56. The first kappa shape index (κ1) is 8.36. The second-order valence-electron chi connectivity index (χ2n) is 3.48. The van der Waals surface area contributed by atoms with Gasteiger partial charge in [-0.1, -0.05) is 24.3 Å². The Hall–Kier alpha value is -1.96. The van der Waals surface area contributed by atoms with Gasteiger partial charge in [-0.25, -0.2) is 4.39 Å². The Bertz CT molecular complexity index is 646. The van der Waals surface area contributed by atoms with E-state index in [9.17, 15) is 4.39 Å². The summed E-state index contributed by atoms with van der Waals surface area (Å²) >= 11 is 0. The Labute approximate surface area is 86.2 Å². The van der Waals surface area contributed by atoms with Gasteiger partial charge in [0.15, 0.2) is 0 Å². The average Bonchev–Trinajstić information content (AvgIpc) is 2.30. The fourth-order valence-electron chi connectivity index (χ4n) is 1.87. The molecule has 0 bridgehead atoms. The van der Waals surface area contributed by atoms with E-state index >= 15 is 0 Å². The molecule has 3 aromatic rings. The van der Waals surface area contributed by atoms with Gasteiger partial charge in [0.05, 0.1) is 5.52 Å². The number of benzene rings is 2. The van der Waals surface area contributed by atoms with Crippen molar-refractivity contribution in [3.8, 4) is 0 Å². The standard InChI is InChI=1S/C13H8FN/c14-12-8-9-4-1-2-5-10(9)13-11(12)6-3-7-15-13/h1-8H. The van der Waals surface area contributed by atoms with E-state index in [0.29, 0.717) is 5.39 Å². The Balaban J connectivity index is 2.64. The van der Waals surface area contributed by atoms with Crippen molar-refractivity contribution in [2.75, 3.05) is 0 Å². The summed E-state index contributed by atoms with van der Waals surface area (Å²) in [7, 11) is 0. The van der Waals surface area contributed by atoms with E-state index in [1.165, 1.54) is 0 Å². The van der Waals surface area contributed by atoms with Crippen LogP contribution in [0.15, 0.2) is 48.7 Å². The maximum Gasteiger partial charge on any atom is 0.133 e. The average molecular weight is 197 g/mol. The highest BCUT2D eigenvalue weighted by Crippen LogP contribution is 2.25. The predicted octanol–water partition coefficient (Wildman–Crippen LogP) is 3.53. The van der Waals surface area contributed by atoms with Crippen LogP contribution in [0.4, 0.5) is 4.39 Å².